The number of carbonyl (C=O) groups excluding carboxylic acids is 1. The van der Waals surface area contributed by atoms with Crippen molar-refractivity contribution in [2.75, 3.05) is 0 Å². The minimum atomic E-state index is 0.0373. The van der Waals surface area contributed by atoms with Gasteiger partial charge in [-0.3, -0.25) is 4.79 Å². The van der Waals surface area contributed by atoms with Gasteiger partial charge in [-0.25, -0.2) is 0 Å². The van der Waals surface area contributed by atoms with Crippen molar-refractivity contribution in [1.29, 1.82) is 0 Å². The molecule has 2 heteroatoms. The summed E-state index contributed by atoms with van der Waals surface area (Å²) in [7, 11) is 0. The van der Waals surface area contributed by atoms with Crippen LogP contribution in [0.1, 0.15) is 48.2 Å². The number of hydrogen-bond acceptors (Lipinski definition) is 1. The van der Waals surface area contributed by atoms with Gasteiger partial charge in [-0.1, -0.05) is 62.4 Å². The van der Waals surface area contributed by atoms with E-state index < -0.39 is 0 Å². The van der Waals surface area contributed by atoms with E-state index in [2.05, 4.69) is 31.3 Å². The third kappa shape index (κ3) is 4.19. The second-order valence-corrected chi connectivity index (χ2v) is 5.31. The summed E-state index contributed by atoms with van der Waals surface area (Å²) in [5.74, 6) is 0.0373. The molecule has 2 nitrogen and oxygen atoms in total. The van der Waals surface area contributed by atoms with Gasteiger partial charge in [0.25, 0.3) is 5.91 Å². The van der Waals surface area contributed by atoms with Crippen LogP contribution in [0.3, 0.4) is 0 Å². The molecule has 0 spiro atoms. The summed E-state index contributed by atoms with van der Waals surface area (Å²) in [6, 6.07) is 18.4. The van der Waals surface area contributed by atoms with E-state index in [4.69, 9.17) is 0 Å². The second kappa shape index (κ2) is 7.63. The Morgan fingerprint density at radius 3 is 2.24 bits per heavy atom. The molecule has 0 aromatic heterocycles. The number of amides is 1. The zero-order chi connectivity index (χ0) is 15.1. The molecular weight excluding hydrogens is 258 g/mol. The molecule has 0 bridgehead atoms. The zero-order valence-corrected chi connectivity index (χ0v) is 12.8. The van der Waals surface area contributed by atoms with Crippen LogP contribution in [0.15, 0.2) is 54.6 Å². The lowest BCUT2D eigenvalue weighted by Gasteiger charge is -2.16. The molecule has 0 atom stereocenters. The Labute approximate surface area is 127 Å². The van der Waals surface area contributed by atoms with Crippen LogP contribution in [-0.4, -0.2) is 11.9 Å². The molecule has 0 heterocycles. The summed E-state index contributed by atoms with van der Waals surface area (Å²) in [6.45, 7) is 4.20. The predicted octanol–water partition coefficient (Wildman–Crippen LogP) is 4.20. The quantitative estimate of drug-likeness (QED) is 0.845. The third-order valence-corrected chi connectivity index (χ3v) is 3.82. The highest BCUT2D eigenvalue weighted by Gasteiger charge is 2.14. The topological polar surface area (TPSA) is 29.1 Å². The molecule has 0 aliphatic heterocycles. The molecule has 1 amide bonds. The fourth-order valence-corrected chi connectivity index (χ4v) is 2.47. The van der Waals surface area contributed by atoms with E-state index in [1.54, 1.807) is 0 Å². The van der Waals surface area contributed by atoms with Gasteiger partial charge in [0.2, 0.25) is 0 Å². The third-order valence-electron chi connectivity index (χ3n) is 3.82. The SMILES string of the molecule is CCC(CC)NC(=O)c1ccccc1Cc1ccccc1. The first-order valence-electron chi connectivity index (χ1n) is 7.67. The molecule has 2 aromatic rings. The predicted molar refractivity (Wildman–Crippen MR) is 87.5 cm³/mol. The summed E-state index contributed by atoms with van der Waals surface area (Å²) in [5, 5.41) is 3.12. The average Bonchev–Trinajstić information content (AvgIpc) is 2.54. The van der Waals surface area contributed by atoms with Crippen LogP contribution in [0.5, 0.6) is 0 Å². The number of rotatable bonds is 6. The van der Waals surface area contributed by atoms with Gasteiger partial charge in [-0.2, -0.15) is 0 Å². The van der Waals surface area contributed by atoms with E-state index >= 15 is 0 Å². The Hall–Kier alpha value is -2.09. The van der Waals surface area contributed by atoms with Crippen LogP contribution in [0, 0.1) is 0 Å². The molecule has 0 saturated carbocycles. The van der Waals surface area contributed by atoms with E-state index in [0.717, 1.165) is 30.4 Å². The van der Waals surface area contributed by atoms with Gasteiger partial charge in [-0.15, -0.1) is 0 Å². The number of benzene rings is 2. The fraction of sp³-hybridized carbons (Fsp3) is 0.316. The van der Waals surface area contributed by atoms with Gasteiger partial charge < -0.3 is 5.32 Å². The first-order chi connectivity index (χ1) is 10.2. The van der Waals surface area contributed by atoms with Gasteiger partial charge in [0.1, 0.15) is 0 Å². The molecule has 1 N–H and O–H groups in total. The van der Waals surface area contributed by atoms with E-state index in [0.29, 0.717) is 0 Å². The molecule has 21 heavy (non-hydrogen) atoms. The van der Waals surface area contributed by atoms with Crippen molar-refractivity contribution in [1.82, 2.24) is 5.32 Å². The van der Waals surface area contributed by atoms with Crippen molar-refractivity contribution < 1.29 is 4.79 Å². The molecule has 2 aromatic carbocycles. The molecule has 0 saturated heterocycles. The summed E-state index contributed by atoms with van der Waals surface area (Å²) in [4.78, 5) is 12.5. The smallest absolute Gasteiger partial charge is 0.251 e. The Kier molecular flexibility index (Phi) is 5.56. The van der Waals surface area contributed by atoms with Crippen molar-refractivity contribution in [2.24, 2.45) is 0 Å². The van der Waals surface area contributed by atoms with E-state index in [9.17, 15) is 4.79 Å². The lowest BCUT2D eigenvalue weighted by Crippen LogP contribution is -2.34. The summed E-state index contributed by atoms with van der Waals surface area (Å²) in [5.41, 5.74) is 3.08. The van der Waals surface area contributed by atoms with E-state index in [1.165, 1.54) is 5.56 Å². The number of carbonyl (C=O) groups is 1. The zero-order valence-electron chi connectivity index (χ0n) is 12.8. The van der Waals surface area contributed by atoms with Gasteiger partial charge in [0.15, 0.2) is 0 Å². The maximum atomic E-state index is 12.5. The maximum Gasteiger partial charge on any atom is 0.251 e. The monoisotopic (exact) mass is 281 g/mol. The van der Waals surface area contributed by atoms with Gasteiger partial charge in [0.05, 0.1) is 0 Å². The molecule has 0 aliphatic carbocycles. The van der Waals surface area contributed by atoms with Crippen LogP contribution in [0.25, 0.3) is 0 Å². The van der Waals surface area contributed by atoms with Crippen molar-refractivity contribution in [2.45, 2.75) is 39.2 Å². The first kappa shape index (κ1) is 15.3. The molecule has 0 unspecified atom stereocenters. The van der Waals surface area contributed by atoms with Crippen molar-refractivity contribution in [3.63, 3.8) is 0 Å². The summed E-state index contributed by atoms with van der Waals surface area (Å²) in [6.07, 6.45) is 2.71. The van der Waals surface area contributed by atoms with Crippen molar-refractivity contribution in [3.8, 4) is 0 Å². The summed E-state index contributed by atoms with van der Waals surface area (Å²) >= 11 is 0. The van der Waals surface area contributed by atoms with Crippen LogP contribution in [0.2, 0.25) is 0 Å². The van der Waals surface area contributed by atoms with E-state index in [-0.39, 0.29) is 11.9 Å². The second-order valence-electron chi connectivity index (χ2n) is 5.31. The van der Waals surface area contributed by atoms with Gasteiger partial charge >= 0.3 is 0 Å². The Balaban J connectivity index is 2.18. The standard InChI is InChI=1S/C19H23NO/c1-3-17(4-2)20-19(21)18-13-9-8-12-16(18)14-15-10-6-5-7-11-15/h5-13,17H,3-4,14H2,1-2H3,(H,20,21). The Morgan fingerprint density at radius 1 is 0.952 bits per heavy atom. The minimum Gasteiger partial charge on any atom is -0.349 e. The highest BCUT2D eigenvalue weighted by molar-refractivity contribution is 5.96. The fourth-order valence-electron chi connectivity index (χ4n) is 2.47. The lowest BCUT2D eigenvalue weighted by molar-refractivity contribution is 0.0934. The molecule has 0 aliphatic rings. The van der Waals surface area contributed by atoms with Crippen molar-refractivity contribution >= 4 is 5.91 Å². The molecule has 2 rings (SSSR count). The average molecular weight is 281 g/mol. The highest BCUT2D eigenvalue weighted by Crippen LogP contribution is 2.15. The summed E-state index contributed by atoms with van der Waals surface area (Å²) < 4.78 is 0. The number of nitrogens with one attached hydrogen (secondary N) is 1. The van der Waals surface area contributed by atoms with Crippen LogP contribution in [0.4, 0.5) is 0 Å². The van der Waals surface area contributed by atoms with Crippen molar-refractivity contribution in [3.05, 3.63) is 71.3 Å². The van der Waals surface area contributed by atoms with Gasteiger partial charge in [0, 0.05) is 11.6 Å². The number of hydrogen-bond donors (Lipinski definition) is 1. The molecule has 0 fully saturated rings. The first-order valence-corrected chi connectivity index (χ1v) is 7.67. The Morgan fingerprint density at radius 2 is 1.57 bits per heavy atom. The van der Waals surface area contributed by atoms with Crippen LogP contribution in [-0.2, 0) is 6.42 Å². The molecule has 0 radical (unpaired) electrons. The molecule has 110 valence electrons. The van der Waals surface area contributed by atoms with Crippen LogP contribution < -0.4 is 5.32 Å². The van der Waals surface area contributed by atoms with Crippen LogP contribution >= 0.6 is 0 Å². The normalized spacial score (nSPS) is 10.6. The van der Waals surface area contributed by atoms with E-state index in [1.807, 2.05) is 42.5 Å². The lowest BCUT2D eigenvalue weighted by atomic mass is 9.99. The minimum absolute atomic E-state index is 0.0373. The maximum absolute atomic E-state index is 12.5. The largest absolute Gasteiger partial charge is 0.349 e. The highest BCUT2D eigenvalue weighted by atomic mass is 16.1. The Bertz CT molecular complexity index is 573. The van der Waals surface area contributed by atoms with Gasteiger partial charge in [-0.05, 0) is 36.5 Å². The molecular formula is C19H23NO.